The van der Waals surface area contributed by atoms with Crippen LogP contribution in [0.5, 0.6) is 5.06 Å². The number of esters is 1. The second-order valence-corrected chi connectivity index (χ2v) is 8.68. The van der Waals surface area contributed by atoms with Crippen molar-refractivity contribution in [2.24, 2.45) is 5.92 Å². The smallest absolute Gasteiger partial charge is 0.308 e. The molecule has 30 heavy (non-hydrogen) atoms. The Hall–Kier alpha value is -1.98. The van der Waals surface area contributed by atoms with Gasteiger partial charge in [-0.15, -0.1) is 11.3 Å². The molecule has 1 aromatic heterocycles. The van der Waals surface area contributed by atoms with Crippen LogP contribution in [0.2, 0.25) is 0 Å². The lowest BCUT2D eigenvalue weighted by atomic mass is 9.95. The lowest BCUT2D eigenvalue weighted by Crippen LogP contribution is -2.38. The van der Waals surface area contributed by atoms with Crippen molar-refractivity contribution in [3.63, 3.8) is 0 Å². The number of ketones is 1. The topological polar surface area (TPSA) is 107 Å². The molecule has 0 radical (unpaired) electrons. The molecule has 4 rings (SSSR count). The number of Topliss-reactive ketones (excluding diaryl/α,β-unsaturated/α-hetero) is 1. The van der Waals surface area contributed by atoms with E-state index in [0.717, 1.165) is 24.8 Å². The first-order valence-corrected chi connectivity index (χ1v) is 11.2. The van der Waals surface area contributed by atoms with Crippen molar-refractivity contribution in [2.45, 2.75) is 38.8 Å². The molecule has 2 unspecified atom stereocenters. The molecule has 2 aromatic rings. The van der Waals surface area contributed by atoms with Crippen LogP contribution in [-0.4, -0.2) is 36.5 Å². The summed E-state index contributed by atoms with van der Waals surface area (Å²) >= 11 is -1.39. The highest BCUT2D eigenvalue weighted by atomic mass is 32.2. The maximum Gasteiger partial charge on any atom is 0.308 e. The molecule has 1 fully saturated rings. The zero-order valence-corrected chi connectivity index (χ0v) is 17.8. The molecule has 0 amide bonds. The van der Waals surface area contributed by atoms with Gasteiger partial charge < -0.3 is 13.8 Å². The molecule has 0 bridgehead atoms. The highest BCUT2D eigenvalue weighted by Gasteiger charge is 2.40. The summed E-state index contributed by atoms with van der Waals surface area (Å²) in [4.78, 5) is 27.4. The fraction of sp³-hybridized carbons (Fsp3) is 0.400. The van der Waals surface area contributed by atoms with E-state index in [4.69, 9.17) is 18.1 Å². The first-order chi connectivity index (χ1) is 14.3. The van der Waals surface area contributed by atoms with E-state index in [2.05, 4.69) is 4.90 Å². The van der Waals surface area contributed by atoms with Crippen LogP contribution in [-0.2, 0) is 33.9 Å². The van der Waals surface area contributed by atoms with Gasteiger partial charge in [-0.2, -0.15) is 0 Å². The molecule has 1 aliphatic carbocycles. The van der Waals surface area contributed by atoms with Crippen molar-refractivity contribution < 1.29 is 32.0 Å². The molecule has 1 N–H and O–H groups in total. The molecule has 1 saturated carbocycles. The average Bonchev–Trinajstić information content (AvgIpc) is 3.43. The SMILES string of the molecule is CC(=O)Oc1cc2c(s1)CCN(C(C(=O)C1CC1)c1ccccc1F)C2.O=S([O-])O. The first kappa shape index (κ1) is 22.7. The van der Waals surface area contributed by atoms with Crippen LogP contribution in [0.4, 0.5) is 4.39 Å². The largest absolute Gasteiger partial charge is 0.750 e. The number of fused-ring (bicyclic) bond motifs is 1. The Labute approximate surface area is 180 Å². The summed E-state index contributed by atoms with van der Waals surface area (Å²) in [5, 5.41) is 0.584. The third-order valence-corrected chi connectivity index (χ3v) is 6.05. The van der Waals surface area contributed by atoms with E-state index in [1.54, 1.807) is 18.2 Å². The van der Waals surface area contributed by atoms with Gasteiger partial charge in [-0.1, -0.05) is 18.2 Å². The van der Waals surface area contributed by atoms with Crippen LogP contribution in [0.3, 0.4) is 0 Å². The van der Waals surface area contributed by atoms with Crippen LogP contribution < -0.4 is 4.74 Å². The highest BCUT2D eigenvalue weighted by Crippen LogP contribution is 2.41. The minimum absolute atomic E-state index is 0.0556. The molecule has 1 aliphatic heterocycles. The zero-order valence-electron chi connectivity index (χ0n) is 16.2. The number of carbonyl (C=O) groups excluding carboxylic acids is 2. The fourth-order valence-electron chi connectivity index (χ4n) is 3.56. The third kappa shape index (κ3) is 5.79. The number of nitrogens with zero attached hydrogens (tertiary/aromatic N) is 1. The first-order valence-electron chi connectivity index (χ1n) is 9.36. The van der Waals surface area contributed by atoms with Gasteiger partial charge in [0.15, 0.2) is 10.8 Å². The Kier molecular flexibility index (Phi) is 7.48. The molecule has 2 heterocycles. The summed E-state index contributed by atoms with van der Waals surface area (Å²) < 4.78 is 43.7. The van der Waals surface area contributed by atoms with E-state index in [0.29, 0.717) is 23.7 Å². The Balaban J connectivity index is 0.000000589. The predicted molar refractivity (Wildman–Crippen MR) is 108 cm³/mol. The maximum atomic E-state index is 14.4. The second kappa shape index (κ2) is 9.88. The third-order valence-electron chi connectivity index (χ3n) is 4.93. The molecule has 0 saturated heterocycles. The lowest BCUT2D eigenvalue weighted by Gasteiger charge is -2.34. The van der Waals surface area contributed by atoms with Crippen molar-refractivity contribution in [1.82, 2.24) is 4.90 Å². The quantitative estimate of drug-likeness (QED) is 0.546. The summed E-state index contributed by atoms with van der Waals surface area (Å²) in [5.41, 5.74) is 1.52. The number of thiophene rings is 1. The maximum absolute atomic E-state index is 14.4. The minimum atomic E-state index is -2.86. The number of hydrogen-bond donors (Lipinski definition) is 1. The number of halogens is 1. The van der Waals surface area contributed by atoms with Crippen molar-refractivity contribution in [3.8, 4) is 5.06 Å². The standard InChI is InChI=1S/C20H20FNO3S.H2O3S/c1-12(23)25-18-10-14-11-22(9-8-17(14)26-18)19(20(24)13-6-7-13)15-4-2-3-5-16(15)21;1-4(2)3/h2-5,10,13,19H,6-9,11H2,1H3;(H2,1,2,3)/p-1. The number of carbonyl (C=O) groups is 2. The monoisotopic (exact) mass is 454 g/mol. The Bertz CT molecular complexity index is 955. The average molecular weight is 455 g/mol. The van der Waals surface area contributed by atoms with Gasteiger partial charge in [-0.3, -0.25) is 14.5 Å². The molecular formula is C20H21FNO6S2-. The van der Waals surface area contributed by atoms with Crippen molar-refractivity contribution in [3.05, 3.63) is 52.2 Å². The molecule has 1 aromatic carbocycles. The number of rotatable bonds is 5. The van der Waals surface area contributed by atoms with E-state index in [1.165, 1.54) is 29.2 Å². The van der Waals surface area contributed by atoms with Gasteiger partial charge >= 0.3 is 5.97 Å². The molecule has 7 nitrogen and oxygen atoms in total. The zero-order chi connectivity index (χ0) is 21.8. The van der Waals surface area contributed by atoms with Crippen LogP contribution in [0.15, 0.2) is 30.3 Å². The minimum Gasteiger partial charge on any atom is -0.750 e. The van der Waals surface area contributed by atoms with Gasteiger partial charge in [-0.25, -0.2) is 8.60 Å². The summed E-state index contributed by atoms with van der Waals surface area (Å²) in [6, 6.07) is 7.89. The molecule has 162 valence electrons. The van der Waals surface area contributed by atoms with Gasteiger partial charge in [0.1, 0.15) is 5.82 Å². The second-order valence-electron chi connectivity index (χ2n) is 7.15. The van der Waals surface area contributed by atoms with E-state index >= 15 is 0 Å². The van der Waals surface area contributed by atoms with Crippen molar-refractivity contribution in [2.75, 3.05) is 6.54 Å². The number of ether oxygens (including phenoxy) is 1. The number of hydrogen-bond acceptors (Lipinski definition) is 7. The summed E-state index contributed by atoms with van der Waals surface area (Å²) in [6.07, 6.45) is 2.57. The van der Waals surface area contributed by atoms with Crippen LogP contribution >= 0.6 is 11.3 Å². The van der Waals surface area contributed by atoms with Crippen LogP contribution in [0, 0.1) is 11.7 Å². The summed E-state index contributed by atoms with van der Waals surface area (Å²) in [7, 11) is 0. The summed E-state index contributed by atoms with van der Waals surface area (Å²) in [6.45, 7) is 2.63. The van der Waals surface area contributed by atoms with E-state index < -0.39 is 17.4 Å². The lowest BCUT2D eigenvalue weighted by molar-refractivity contribution is -0.131. The van der Waals surface area contributed by atoms with E-state index in [-0.39, 0.29) is 23.5 Å². The van der Waals surface area contributed by atoms with Crippen LogP contribution in [0.25, 0.3) is 0 Å². The van der Waals surface area contributed by atoms with Crippen molar-refractivity contribution in [1.29, 1.82) is 0 Å². The fourth-order valence-corrected chi connectivity index (χ4v) is 4.61. The highest BCUT2D eigenvalue weighted by molar-refractivity contribution is 7.73. The molecular weight excluding hydrogens is 433 g/mol. The van der Waals surface area contributed by atoms with Crippen molar-refractivity contribution >= 4 is 34.5 Å². The van der Waals surface area contributed by atoms with Crippen LogP contribution in [0.1, 0.15) is 41.8 Å². The van der Waals surface area contributed by atoms with Gasteiger partial charge in [0.05, 0.1) is 17.4 Å². The summed E-state index contributed by atoms with van der Waals surface area (Å²) in [5.74, 6) is -0.495. The van der Waals surface area contributed by atoms with Gasteiger partial charge in [0.25, 0.3) is 0 Å². The Morgan fingerprint density at radius 2 is 2.03 bits per heavy atom. The molecule has 0 spiro atoms. The van der Waals surface area contributed by atoms with Gasteiger partial charge in [-0.05, 0) is 37.0 Å². The Morgan fingerprint density at radius 3 is 2.63 bits per heavy atom. The normalized spacial score (nSPS) is 17.9. The number of benzene rings is 1. The predicted octanol–water partition coefficient (Wildman–Crippen LogP) is 3.23. The molecule has 10 heteroatoms. The molecule has 2 aliphatic rings. The van der Waals surface area contributed by atoms with Gasteiger partial charge in [0.2, 0.25) is 0 Å². The molecule has 2 atom stereocenters. The van der Waals surface area contributed by atoms with E-state index in [1.807, 2.05) is 6.07 Å². The van der Waals surface area contributed by atoms with Gasteiger partial charge in [0, 0.05) is 36.4 Å². The Morgan fingerprint density at radius 1 is 1.37 bits per heavy atom. The van der Waals surface area contributed by atoms with E-state index in [9.17, 15) is 14.0 Å².